The first-order valence-electron chi connectivity index (χ1n) is 9.80. The summed E-state index contributed by atoms with van der Waals surface area (Å²) in [4.78, 5) is 13.0. The van der Waals surface area contributed by atoms with Crippen molar-refractivity contribution in [3.63, 3.8) is 0 Å². The van der Waals surface area contributed by atoms with Gasteiger partial charge in [0.25, 0.3) is 10.0 Å². The first-order chi connectivity index (χ1) is 15.4. The number of sulfonamides is 1. The van der Waals surface area contributed by atoms with Crippen molar-refractivity contribution < 1.29 is 22.3 Å². The lowest BCUT2D eigenvalue weighted by Crippen LogP contribution is -2.35. The highest BCUT2D eigenvalue weighted by Gasteiger charge is 2.36. The van der Waals surface area contributed by atoms with Crippen LogP contribution in [-0.2, 0) is 14.8 Å². The number of amides is 1. The van der Waals surface area contributed by atoms with Crippen LogP contribution in [0.3, 0.4) is 0 Å². The number of anilines is 2. The second-order valence-electron chi connectivity index (χ2n) is 7.25. The van der Waals surface area contributed by atoms with E-state index in [0.29, 0.717) is 22.5 Å². The summed E-state index contributed by atoms with van der Waals surface area (Å²) < 4.78 is 46.5. The fourth-order valence-electron chi connectivity index (χ4n) is 3.77. The van der Waals surface area contributed by atoms with Crippen molar-refractivity contribution in [2.24, 2.45) is 0 Å². The molecule has 5 rings (SSSR count). The number of carbonyl (C=O) groups is 1. The molecule has 0 saturated carbocycles. The van der Waals surface area contributed by atoms with Crippen LogP contribution in [-0.4, -0.2) is 20.9 Å². The highest BCUT2D eigenvalue weighted by atomic mass is 32.2. The molecule has 1 heterocycles. The Morgan fingerprint density at radius 2 is 1.69 bits per heavy atom. The number of ether oxygens (including phenoxy) is 1. The molecule has 160 valence electrons. The van der Waals surface area contributed by atoms with E-state index in [-0.39, 0.29) is 10.6 Å². The van der Waals surface area contributed by atoms with Gasteiger partial charge in [0.15, 0.2) is 5.75 Å². The average Bonchev–Trinajstić information content (AvgIpc) is 2.98. The van der Waals surface area contributed by atoms with Crippen molar-refractivity contribution >= 4 is 38.1 Å². The van der Waals surface area contributed by atoms with Gasteiger partial charge in [-0.15, -0.1) is 0 Å². The Hall–Kier alpha value is -3.91. The number of nitrogens with one attached hydrogen (secondary N) is 1. The predicted molar refractivity (Wildman–Crippen MR) is 120 cm³/mol. The van der Waals surface area contributed by atoms with Gasteiger partial charge in [-0.3, -0.25) is 9.10 Å². The van der Waals surface area contributed by atoms with E-state index >= 15 is 0 Å². The van der Waals surface area contributed by atoms with Gasteiger partial charge in [0.2, 0.25) is 5.91 Å². The van der Waals surface area contributed by atoms with Gasteiger partial charge in [0.05, 0.1) is 16.3 Å². The molecule has 1 N–H and O–H groups in total. The van der Waals surface area contributed by atoms with Gasteiger partial charge < -0.3 is 10.1 Å². The van der Waals surface area contributed by atoms with Crippen molar-refractivity contribution in [3.8, 4) is 11.5 Å². The number of hydrogen-bond donors (Lipinski definition) is 1. The van der Waals surface area contributed by atoms with Gasteiger partial charge in [-0.1, -0.05) is 42.5 Å². The zero-order valence-corrected chi connectivity index (χ0v) is 17.5. The van der Waals surface area contributed by atoms with Crippen molar-refractivity contribution in [3.05, 3.63) is 90.7 Å². The Bertz CT molecular complexity index is 1460. The number of rotatable bonds is 5. The molecule has 0 spiro atoms. The Morgan fingerprint density at radius 1 is 0.938 bits per heavy atom. The number of hydrogen-bond acceptors (Lipinski definition) is 4. The predicted octanol–water partition coefficient (Wildman–Crippen LogP) is 4.92. The largest absolute Gasteiger partial charge is 0.455 e. The second kappa shape index (κ2) is 7.65. The fourth-order valence-corrected chi connectivity index (χ4v) is 5.43. The zero-order valence-electron chi connectivity index (χ0n) is 16.7. The quantitative estimate of drug-likeness (QED) is 0.470. The molecule has 8 heteroatoms. The summed E-state index contributed by atoms with van der Waals surface area (Å²) in [6.45, 7) is -0.398. The minimum absolute atomic E-state index is 0.188. The lowest BCUT2D eigenvalue weighted by molar-refractivity contribution is -0.114. The Morgan fingerprint density at radius 3 is 2.50 bits per heavy atom. The van der Waals surface area contributed by atoms with E-state index < -0.39 is 28.3 Å². The van der Waals surface area contributed by atoms with Crippen LogP contribution in [0.2, 0.25) is 0 Å². The van der Waals surface area contributed by atoms with Crippen LogP contribution < -0.4 is 14.4 Å². The van der Waals surface area contributed by atoms with Crippen molar-refractivity contribution in [2.45, 2.75) is 4.90 Å². The summed E-state index contributed by atoms with van der Waals surface area (Å²) in [5.74, 6) is -0.400. The van der Waals surface area contributed by atoms with Gasteiger partial charge >= 0.3 is 0 Å². The van der Waals surface area contributed by atoms with Crippen LogP contribution in [0.25, 0.3) is 10.8 Å². The molecule has 1 amide bonds. The first kappa shape index (κ1) is 20.0. The molecule has 0 aromatic heterocycles. The van der Waals surface area contributed by atoms with Crippen LogP contribution in [0, 0.1) is 5.82 Å². The van der Waals surface area contributed by atoms with Gasteiger partial charge in [-0.05, 0) is 41.8 Å². The van der Waals surface area contributed by atoms with Crippen molar-refractivity contribution in [2.75, 3.05) is 16.2 Å². The van der Waals surface area contributed by atoms with E-state index in [0.717, 1.165) is 9.69 Å². The summed E-state index contributed by atoms with van der Waals surface area (Å²) in [5, 5.41) is 4.11. The zero-order chi connectivity index (χ0) is 22.3. The van der Waals surface area contributed by atoms with E-state index in [1.165, 1.54) is 18.2 Å². The summed E-state index contributed by atoms with van der Waals surface area (Å²) in [7, 11) is -3.85. The first-order valence-corrected chi connectivity index (χ1v) is 11.2. The Labute approximate surface area is 183 Å². The molecule has 6 nitrogen and oxygen atoms in total. The van der Waals surface area contributed by atoms with Crippen LogP contribution in [0.15, 0.2) is 89.8 Å². The molecule has 0 unspecified atom stereocenters. The third kappa shape index (κ3) is 3.44. The molecular formula is C24H17FN2O4S. The SMILES string of the molecule is O=C(CN1c2cccc3cccc(c23)S1(=O)=O)Nc1ccccc1Oc1cccc(F)c1. The maximum atomic E-state index is 13.5. The van der Waals surface area contributed by atoms with Gasteiger partial charge in [-0.2, -0.15) is 0 Å². The molecule has 1 aliphatic heterocycles. The van der Waals surface area contributed by atoms with Crippen LogP contribution in [0.4, 0.5) is 15.8 Å². The molecule has 1 aliphatic rings. The number of nitrogens with zero attached hydrogens (tertiary/aromatic N) is 1. The Kier molecular flexibility index (Phi) is 4.79. The lowest BCUT2D eigenvalue weighted by atomic mass is 10.1. The molecule has 0 radical (unpaired) electrons. The summed E-state index contributed by atoms with van der Waals surface area (Å²) in [6, 6.07) is 22.7. The van der Waals surface area contributed by atoms with Crippen molar-refractivity contribution in [1.29, 1.82) is 0 Å². The Balaban J connectivity index is 1.40. The lowest BCUT2D eigenvalue weighted by Gasteiger charge is -2.19. The molecule has 4 aromatic carbocycles. The van der Waals surface area contributed by atoms with E-state index in [1.54, 1.807) is 54.6 Å². The molecule has 0 fully saturated rings. The number of halogens is 1. The molecule has 0 atom stereocenters. The van der Waals surface area contributed by atoms with Gasteiger partial charge in [0.1, 0.15) is 18.1 Å². The standard InChI is InChI=1S/C24H17FN2O4S/c25-17-8-5-9-18(14-17)31-21-12-2-1-10-19(21)26-23(28)15-27-20-11-3-6-16-7-4-13-22(24(16)20)32(27,29)30/h1-14H,15H2,(H,26,28). The van der Waals surface area contributed by atoms with Crippen LogP contribution >= 0.6 is 0 Å². The highest BCUT2D eigenvalue weighted by Crippen LogP contribution is 2.41. The summed E-state index contributed by atoms with van der Waals surface area (Å²) in [6.07, 6.45) is 0. The molecule has 0 saturated heterocycles. The highest BCUT2D eigenvalue weighted by molar-refractivity contribution is 7.93. The topological polar surface area (TPSA) is 75.7 Å². The summed E-state index contributed by atoms with van der Waals surface area (Å²) >= 11 is 0. The monoisotopic (exact) mass is 448 g/mol. The molecule has 0 bridgehead atoms. The van der Waals surface area contributed by atoms with Crippen LogP contribution in [0.1, 0.15) is 0 Å². The van der Waals surface area contributed by atoms with E-state index in [2.05, 4.69) is 5.32 Å². The fraction of sp³-hybridized carbons (Fsp3) is 0.0417. The number of para-hydroxylation sites is 2. The molecule has 32 heavy (non-hydrogen) atoms. The number of benzene rings is 4. The average molecular weight is 448 g/mol. The van der Waals surface area contributed by atoms with E-state index in [1.807, 2.05) is 12.1 Å². The number of carbonyl (C=O) groups excluding carboxylic acids is 1. The summed E-state index contributed by atoms with van der Waals surface area (Å²) in [5.41, 5.74) is 0.812. The molecule has 0 aliphatic carbocycles. The third-order valence-corrected chi connectivity index (χ3v) is 6.96. The maximum absolute atomic E-state index is 13.5. The third-order valence-electron chi connectivity index (χ3n) is 5.15. The minimum Gasteiger partial charge on any atom is -0.455 e. The van der Waals surface area contributed by atoms with Gasteiger partial charge in [-0.25, -0.2) is 12.8 Å². The smallest absolute Gasteiger partial charge is 0.265 e. The molecule has 4 aromatic rings. The minimum atomic E-state index is -3.85. The second-order valence-corrected chi connectivity index (χ2v) is 9.08. The van der Waals surface area contributed by atoms with Crippen molar-refractivity contribution in [1.82, 2.24) is 0 Å². The molecular weight excluding hydrogens is 431 g/mol. The van der Waals surface area contributed by atoms with E-state index in [4.69, 9.17) is 4.74 Å². The van der Waals surface area contributed by atoms with Gasteiger partial charge in [0, 0.05) is 11.5 Å². The van der Waals surface area contributed by atoms with Crippen LogP contribution in [0.5, 0.6) is 11.5 Å². The maximum Gasteiger partial charge on any atom is 0.265 e. The normalized spacial score (nSPS) is 13.8. The van der Waals surface area contributed by atoms with E-state index in [9.17, 15) is 17.6 Å².